The Kier molecular flexibility index (Phi) is 2.99. The van der Waals surface area contributed by atoms with Crippen molar-refractivity contribution in [3.8, 4) is 0 Å². The summed E-state index contributed by atoms with van der Waals surface area (Å²) in [6, 6.07) is 3.41. The third kappa shape index (κ3) is 2.42. The summed E-state index contributed by atoms with van der Waals surface area (Å²) in [5, 5.41) is 2.56. The molecule has 0 spiro atoms. The Morgan fingerprint density at radius 3 is 2.50 bits per heavy atom. The minimum Gasteiger partial charge on any atom is -0.341 e. The Morgan fingerprint density at radius 2 is 2.00 bits per heavy atom. The predicted molar refractivity (Wildman–Crippen MR) is 51.6 cm³/mol. The van der Waals surface area contributed by atoms with Crippen LogP contribution in [0, 0.1) is 11.6 Å². The highest BCUT2D eigenvalue weighted by molar-refractivity contribution is 8.11. The van der Waals surface area contributed by atoms with Crippen LogP contribution in [0.15, 0.2) is 18.2 Å². The molecule has 0 amide bonds. The zero-order valence-electron chi connectivity index (χ0n) is 5.84. The average Bonchev–Trinajstić information content (AvgIpc) is 1.96. The first-order valence-corrected chi connectivity index (χ1v) is 3.90. The van der Waals surface area contributed by atoms with Gasteiger partial charge in [-0.25, -0.2) is 8.78 Å². The van der Waals surface area contributed by atoms with Gasteiger partial charge in [0.25, 0.3) is 0 Å². The summed E-state index contributed by atoms with van der Waals surface area (Å²) in [4.78, 5) is 0. The van der Waals surface area contributed by atoms with Crippen molar-refractivity contribution in [2.45, 2.75) is 0 Å². The van der Waals surface area contributed by atoms with Crippen molar-refractivity contribution >= 4 is 34.9 Å². The fraction of sp³-hybridized carbons (Fsp3) is 0. The Morgan fingerprint density at radius 1 is 1.33 bits per heavy atom. The number of nitrogens with one attached hydrogen (secondary N) is 1. The quantitative estimate of drug-likeness (QED) is 0.540. The molecule has 0 bridgehead atoms. The van der Waals surface area contributed by atoms with Crippen molar-refractivity contribution < 1.29 is 8.78 Å². The van der Waals surface area contributed by atoms with Crippen LogP contribution >= 0.6 is 24.8 Å². The van der Waals surface area contributed by atoms with E-state index in [1.54, 1.807) is 0 Å². The normalized spacial score (nSPS) is 9.58. The van der Waals surface area contributed by atoms with E-state index in [0.29, 0.717) is 5.69 Å². The lowest BCUT2D eigenvalue weighted by Crippen LogP contribution is -2.01. The molecule has 0 aliphatic rings. The van der Waals surface area contributed by atoms with Crippen LogP contribution in [0.2, 0.25) is 0 Å². The minimum absolute atomic E-state index is 0.209. The summed E-state index contributed by atoms with van der Waals surface area (Å²) in [6.45, 7) is 0. The van der Waals surface area contributed by atoms with Crippen molar-refractivity contribution in [3.05, 3.63) is 29.8 Å². The molecule has 0 atom stereocenters. The number of hydrogen-bond donors (Lipinski definition) is 2. The fourth-order valence-corrected chi connectivity index (χ4v) is 0.944. The summed E-state index contributed by atoms with van der Waals surface area (Å²) < 4.78 is 25.1. The molecule has 0 saturated carbocycles. The number of halogens is 2. The Labute approximate surface area is 79.2 Å². The van der Waals surface area contributed by atoms with E-state index in [2.05, 4.69) is 30.2 Å². The first-order chi connectivity index (χ1) is 5.59. The highest BCUT2D eigenvalue weighted by atomic mass is 32.1. The van der Waals surface area contributed by atoms with E-state index in [1.807, 2.05) is 0 Å². The van der Waals surface area contributed by atoms with Gasteiger partial charge >= 0.3 is 0 Å². The van der Waals surface area contributed by atoms with Crippen LogP contribution < -0.4 is 5.32 Å². The van der Waals surface area contributed by atoms with E-state index in [-0.39, 0.29) is 4.32 Å². The van der Waals surface area contributed by atoms with Gasteiger partial charge in [0, 0.05) is 11.8 Å². The second-order valence-electron chi connectivity index (χ2n) is 2.06. The molecular formula is C7H5F2NS2. The van der Waals surface area contributed by atoms with Gasteiger partial charge in [0.2, 0.25) is 0 Å². The monoisotopic (exact) mass is 205 g/mol. The zero-order valence-corrected chi connectivity index (χ0v) is 7.55. The summed E-state index contributed by atoms with van der Waals surface area (Å²) in [6.07, 6.45) is 0. The van der Waals surface area contributed by atoms with Gasteiger partial charge in [0.15, 0.2) is 11.6 Å². The van der Waals surface area contributed by atoms with Gasteiger partial charge in [-0.3, -0.25) is 0 Å². The maximum atomic E-state index is 12.5. The largest absolute Gasteiger partial charge is 0.341 e. The Hall–Kier alpha value is -0.680. The second kappa shape index (κ2) is 3.82. The van der Waals surface area contributed by atoms with Gasteiger partial charge in [0.05, 0.1) is 0 Å². The van der Waals surface area contributed by atoms with Crippen LogP contribution in [0.3, 0.4) is 0 Å². The van der Waals surface area contributed by atoms with Crippen molar-refractivity contribution in [3.63, 3.8) is 0 Å². The lowest BCUT2D eigenvalue weighted by atomic mass is 10.3. The van der Waals surface area contributed by atoms with Crippen molar-refractivity contribution in [1.82, 2.24) is 0 Å². The van der Waals surface area contributed by atoms with E-state index in [9.17, 15) is 8.78 Å². The first kappa shape index (κ1) is 9.41. The number of anilines is 1. The number of rotatable bonds is 1. The fourth-order valence-electron chi connectivity index (χ4n) is 0.697. The lowest BCUT2D eigenvalue weighted by molar-refractivity contribution is 0.509. The molecule has 64 valence electrons. The Bertz CT molecular complexity index is 314. The van der Waals surface area contributed by atoms with E-state index in [4.69, 9.17) is 0 Å². The maximum absolute atomic E-state index is 12.5. The van der Waals surface area contributed by atoms with Gasteiger partial charge in [-0.15, -0.1) is 12.6 Å². The molecule has 0 saturated heterocycles. The van der Waals surface area contributed by atoms with Gasteiger partial charge in [-0.05, 0) is 12.1 Å². The smallest absolute Gasteiger partial charge is 0.160 e. The molecule has 0 unspecified atom stereocenters. The molecule has 0 heterocycles. The van der Waals surface area contributed by atoms with Crippen molar-refractivity contribution in [2.75, 3.05) is 5.32 Å². The lowest BCUT2D eigenvalue weighted by Gasteiger charge is -2.02. The van der Waals surface area contributed by atoms with Crippen molar-refractivity contribution in [1.29, 1.82) is 0 Å². The Balaban J connectivity index is 2.89. The molecule has 0 fully saturated rings. The number of benzene rings is 1. The van der Waals surface area contributed by atoms with Crippen LogP contribution in [-0.4, -0.2) is 4.32 Å². The molecular weight excluding hydrogens is 200 g/mol. The van der Waals surface area contributed by atoms with Crippen molar-refractivity contribution in [2.24, 2.45) is 0 Å². The third-order valence-corrected chi connectivity index (χ3v) is 1.38. The molecule has 1 rings (SSSR count). The molecule has 1 N–H and O–H groups in total. The number of thiol groups is 1. The summed E-state index contributed by atoms with van der Waals surface area (Å²) >= 11 is 8.36. The van der Waals surface area contributed by atoms with E-state index in [1.165, 1.54) is 6.07 Å². The van der Waals surface area contributed by atoms with E-state index in [0.717, 1.165) is 12.1 Å². The van der Waals surface area contributed by atoms with Crippen LogP contribution in [0.4, 0.5) is 14.5 Å². The second-order valence-corrected chi connectivity index (χ2v) is 3.22. The highest BCUT2D eigenvalue weighted by Crippen LogP contribution is 2.13. The molecule has 1 aromatic carbocycles. The highest BCUT2D eigenvalue weighted by Gasteiger charge is 2.01. The van der Waals surface area contributed by atoms with Gasteiger partial charge in [-0.2, -0.15) is 0 Å². The average molecular weight is 205 g/mol. The number of thiocarbonyl (C=S) groups is 1. The molecule has 0 radical (unpaired) electrons. The van der Waals surface area contributed by atoms with Crippen LogP contribution in [0.1, 0.15) is 0 Å². The predicted octanol–water partition coefficient (Wildman–Crippen LogP) is 2.59. The van der Waals surface area contributed by atoms with E-state index < -0.39 is 11.6 Å². The third-order valence-electron chi connectivity index (χ3n) is 1.17. The van der Waals surface area contributed by atoms with Crippen LogP contribution in [0.5, 0.6) is 0 Å². The molecule has 1 aromatic rings. The molecule has 0 aliphatic carbocycles. The SMILES string of the molecule is Fc1ccc(NC(=S)S)cc1F. The molecule has 0 aromatic heterocycles. The summed E-state index contributed by atoms with van der Waals surface area (Å²) in [7, 11) is 0. The molecule has 12 heavy (non-hydrogen) atoms. The summed E-state index contributed by atoms with van der Waals surface area (Å²) in [5.41, 5.74) is 0.383. The van der Waals surface area contributed by atoms with Gasteiger partial charge in [0.1, 0.15) is 4.32 Å². The molecule has 1 nitrogen and oxygen atoms in total. The first-order valence-electron chi connectivity index (χ1n) is 3.04. The molecule has 5 heteroatoms. The van der Waals surface area contributed by atoms with E-state index >= 15 is 0 Å². The number of hydrogen-bond acceptors (Lipinski definition) is 1. The van der Waals surface area contributed by atoms with Gasteiger partial charge < -0.3 is 5.32 Å². The standard InChI is InChI=1S/C7H5F2NS2/c8-5-2-1-4(3-6(5)9)10-7(11)12/h1-3H,(H2,10,11,12). The van der Waals surface area contributed by atoms with Gasteiger partial charge in [-0.1, -0.05) is 12.2 Å². The topological polar surface area (TPSA) is 12.0 Å². The van der Waals surface area contributed by atoms with Crippen LogP contribution in [0.25, 0.3) is 0 Å². The van der Waals surface area contributed by atoms with Crippen LogP contribution in [-0.2, 0) is 0 Å². The molecule has 0 aliphatic heterocycles. The maximum Gasteiger partial charge on any atom is 0.160 e. The zero-order chi connectivity index (χ0) is 9.14. The minimum atomic E-state index is -0.912. The summed E-state index contributed by atoms with van der Waals surface area (Å²) in [5.74, 6) is -1.80.